The molecule has 0 fully saturated rings. The molecular formula is C35H25NO2S. The van der Waals surface area contributed by atoms with Crippen molar-refractivity contribution in [3.8, 4) is 0 Å². The van der Waals surface area contributed by atoms with Crippen LogP contribution in [0.1, 0.15) is 27.0 Å². The zero-order chi connectivity index (χ0) is 26.8. The van der Waals surface area contributed by atoms with Crippen molar-refractivity contribution in [2.75, 3.05) is 4.90 Å². The quantitative estimate of drug-likeness (QED) is 0.164. The largest absolute Gasteiger partial charge is 0.416 e. The Morgan fingerprint density at radius 2 is 1.31 bits per heavy atom. The van der Waals surface area contributed by atoms with E-state index in [4.69, 9.17) is 4.18 Å². The van der Waals surface area contributed by atoms with Gasteiger partial charge >= 0.3 is 0 Å². The molecule has 0 bridgehead atoms. The zero-order valence-corrected chi connectivity index (χ0v) is 22.0. The number of allylic oxidation sites excluding steroid dienone is 1. The number of para-hydroxylation sites is 1. The summed E-state index contributed by atoms with van der Waals surface area (Å²) in [7, 11) is 0. The van der Waals surface area contributed by atoms with Crippen LogP contribution in [0.5, 0.6) is 0 Å². The van der Waals surface area contributed by atoms with E-state index >= 15 is 0 Å². The monoisotopic (exact) mass is 523 g/mol. The highest BCUT2D eigenvalue weighted by atomic mass is 32.2. The molecular weight excluding hydrogens is 498 g/mol. The van der Waals surface area contributed by atoms with Gasteiger partial charge in [-0.25, -0.2) is 0 Å². The Labute approximate surface area is 232 Å². The highest BCUT2D eigenvalue weighted by Crippen LogP contribution is 2.38. The van der Waals surface area contributed by atoms with E-state index in [2.05, 4.69) is 84.8 Å². The molecule has 0 saturated heterocycles. The number of carbonyl (C=O) groups is 1. The number of carbonyl (C=O) groups excluding carboxylic acids is 1. The third kappa shape index (κ3) is 4.78. The number of benzene rings is 5. The lowest BCUT2D eigenvalue weighted by Gasteiger charge is -2.26. The smallest absolute Gasteiger partial charge is 0.230 e. The summed E-state index contributed by atoms with van der Waals surface area (Å²) in [4.78, 5) is 16.3. The standard InChI is InChI=1S/C35H25NO2S/c1-3-25-22-32-34(23-26(25)4-2)39-38-33(35(32)37)20-24-14-17-30(18-15-24)36(29-12-6-5-7-13-29)31-19-16-27-10-8-9-11-28(27)21-31/h3-23H,1-2H2. The molecule has 0 amide bonds. The van der Waals surface area contributed by atoms with Crippen molar-refractivity contribution in [3.05, 3.63) is 150 Å². The molecule has 1 aliphatic heterocycles. The molecule has 5 aromatic carbocycles. The molecule has 0 unspecified atom stereocenters. The predicted molar refractivity (Wildman–Crippen MR) is 165 cm³/mol. The lowest BCUT2D eigenvalue weighted by Crippen LogP contribution is -2.12. The van der Waals surface area contributed by atoms with Crippen LogP contribution in [0.25, 0.3) is 29.0 Å². The van der Waals surface area contributed by atoms with Crippen molar-refractivity contribution >= 4 is 63.9 Å². The van der Waals surface area contributed by atoms with Crippen LogP contribution in [0, 0.1) is 0 Å². The minimum absolute atomic E-state index is 0.145. The molecule has 1 heterocycles. The van der Waals surface area contributed by atoms with E-state index in [1.165, 1.54) is 22.8 Å². The summed E-state index contributed by atoms with van der Waals surface area (Å²) < 4.78 is 5.81. The summed E-state index contributed by atoms with van der Waals surface area (Å²) in [6.07, 6.45) is 5.28. The maximum Gasteiger partial charge on any atom is 0.230 e. The van der Waals surface area contributed by atoms with E-state index in [0.717, 1.165) is 38.6 Å². The molecule has 1 aliphatic rings. The Hall–Kier alpha value is -4.80. The van der Waals surface area contributed by atoms with Gasteiger partial charge in [0, 0.05) is 22.6 Å². The Morgan fingerprint density at radius 3 is 2.05 bits per heavy atom. The molecule has 188 valence electrons. The number of ketones is 1. The second kappa shape index (κ2) is 10.5. The number of hydrogen-bond acceptors (Lipinski definition) is 4. The van der Waals surface area contributed by atoms with Crippen molar-refractivity contribution in [1.82, 2.24) is 0 Å². The molecule has 0 radical (unpaired) electrons. The van der Waals surface area contributed by atoms with Crippen LogP contribution in [0.15, 0.2) is 133 Å². The summed E-state index contributed by atoms with van der Waals surface area (Å²) >= 11 is 1.19. The molecule has 39 heavy (non-hydrogen) atoms. The first-order chi connectivity index (χ1) is 19.1. The van der Waals surface area contributed by atoms with Crippen LogP contribution < -0.4 is 4.90 Å². The zero-order valence-electron chi connectivity index (χ0n) is 21.2. The van der Waals surface area contributed by atoms with E-state index in [9.17, 15) is 4.79 Å². The van der Waals surface area contributed by atoms with Crippen LogP contribution in [-0.2, 0) is 4.18 Å². The first kappa shape index (κ1) is 24.5. The number of fused-ring (bicyclic) bond motifs is 2. The van der Waals surface area contributed by atoms with Crippen LogP contribution >= 0.6 is 12.0 Å². The predicted octanol–water partition coefficient (Wildman–Crippen LogP) is 9.86. The summed E-state index contributed by atoms with van der Waals surface area (Å²) in [6.45, 7) is 7.72. The van der Waals surface area contributed by atoms with Gasteiger partial charge in [-0.1, -0.05) is 86.0 Å². The number of Topliss-reactive ketones (excluding diaryl/α,β-unsaturated/α-hetero) is 1. The van der Waals surface area contributed by atoms with E-state index in [-0.39, 0.29) is 5.78 Å². The van der Waals surface area contributed by atoms with E-state index < -0.39 is 0 Å². The number of hydrogen-bond donors (Lipinski definition) is 0. The van der Waals surface area contributed by atoms with Gasteiger partial charge in [0.25, 0.3) is 0 Å². The number of rotatable bonds is 6. The second-order valence-corrected chi connectivity index (χ2v) is 9.96. The minimum Gasteiger partial charge on any atom is -0.416 e. The van der Waals surface area contributed by atoms with Crippen LogP contribution in [0.3, 0.4) is 0 Å². The normalized spacial score (nSPS) is 13.5. The van der Waals surface area contributed by atoms with E-state index in [0.29, 0.717) is 11.3 Å². The highest BCUT2D eigenvalue weighted by Gasteiger charge is 2.26. The van der Waals surface area contributed by atoms with E-state index in [1.807, 2.05) is 42.5 Å². The third-order valence-electron chi connectivity index (χ3n) is 6.77. The minimum atomic E-state index is -0.145. The van der Waals surface area contributed by atoms with Crippen molar-refractivity contribution < 1.29 is 8.98 Å². The summed E-state index contributed by atoms with van der Waals surface area (Å²) in [6, 6.07) is 37.1. The molecule has 0 spiro atoms. The SMILES string of the molecule is C=Cc1cc2c(cc1C=C)C(=O)C(=Cc1ccc(N(c3ccccc3)c3ccc4ccccc4c3)cc1)OS2. The molecule has 0 saturated carbocycles. The van der Waals surface area contributed by atoms with Gasteiger partial charge in [-0.2, -0.15) is 0 Å². The maximum absolute atomic E-state index is 13.3. The van der Waals surface area contributed by atoms with Crippen molar-refractivity contribution in [2.45, 2.75) is 4.90 Å². The topological polar surface area (TPSA) is 29.5 Å². The molecule has 3 nitrogen and oxygen atoms in total. The molecule has 0 aromatic heterocycles. The van der Waals surface area contributed by atoms with Gasteiger partial charge in [0.1, 0.15) is 0 Å². The fourth-order valence-electron chi connectivity index (χ4n) is 4.77. The van der Waals surface area contributed by atoms with E-state index in [1.54, 1.807) is 18.2 Å². The van der Waals surface area contributed by atoms with Crippen molar-refractivity contribution in [2.24, 2.45) is 0 Å². The second-order valence-electron chi connectivity index (χ2n) is 9.18. The molecule has 0 aliphatic carbocycles. The molecule has 0 atom stereocenters. The average Bonchev–Trinajstić information content (AvgIpc) is 2.99. The van der Waals surface area contributed by atoms with Gasteiger partial charge in [-0.15, -0.1) is 0 Å². The fourth-order valence-corrected chi connectivity index (χ4v) is 5.49. The fraction of sp³-hybridized carbons (Fsp3) is 0. The van der Waals surface area contributed by atoms with Crippen molar-refractivity contribution in [3.63, 3.8) is 0 Å². The van der Waals surface area contributed by atoms with Crippen LogP contribution in [-0.4, -0.2) is 5.78 Å². The van der Waals surface area contributed by atoms with Gasteiger partial charge in [-0.05, 0) is 82.1 Å². The average molecular weight is 524 g/mol. The van der Waals surface area contributed by atoms with Gasteiger partial charge in [0.15, 0.2) is 5.76 Å². The Bertz CT molecular complexity index is 1750. The van der Waals surface area contributed by atoms with Crippen LogP contribution in [0.2, 0.25) is 0 Å². The van der Waals surface area contributed by atoms with Gasteiger partial charge in [0.05, 0.1) is 16.9 Å². The summed E-state index contributed by atoms with van der Waals surface area (Å²) in [5.74, 6) is 0.157. The Morgan fingerprint density at radius 1 is 0.667 bits per heavy atom. The van der Waals surface area contributed by atoms with Crippen LogP contribution in [0.4, 0.5) is 17.1 Å². The molecule has 6 rings (SSSR count). The van der Waals surface area contributed by atoms with Gasteiger partial charge in [0.2, 0.25) is 5.78 Å². The highest BCUT2D eigenvalue weighted by molar-refractivity contribution is 7.95. The lowest BCUT2D eigenvalue weighted by molar-refractivity contribution is 0.0986. The Balaban J connectivity index is 1.34. The number of anilines is 3. The lowest BCUT2D eigenvalue weighted by atomic mass is 10.00. The summed E-state index contributed by atoms with van der Waals surface area (Å²) in [5.41, 5.74) is 6.44. The first-order valence-corrected chi connectivity index (χ1v) is 13.4. The summed E-state index contributed by atoms with van der Waals surface area (Å²) in [5, 5.41) is 2.39. The van der Waals surface area contributed by atoms with Gasteiger partial charge in [-0.3, -0.25) is 4.79 Å². The van der Waals surface area contributed by atoms with Gasteiger partial charge < -0.3 is 9.08 Å². The first-order valence-electron chi connectivity index (χ1n) is 12.6. The third-order valence-corrected chi connectivity index (χ3v) is 7.55. The molecule has 5 aromatic rings. The number of nitrogens with zero attached hydrogens (tertiary/aromatic N) is 1. The molecule has 0 N–H and O–H groups in total. The van der Waals surface area contributed by atoms with Crippen molar-refractivity contribution in [1.29, 1.82) is 0 Å². The maximum atomic E-state index is 13.3. The molecule has 4 heteroatoms. The Kier molecular flexibility index (Phi) is 6.62.